The molecule has 0 bridgehead atoms. The van der Waals surface area contributed by atoms with Crippen molar-refractivity contribution in [3.63, 3.8) is 0 Å². The highest BCUT2D eigenvalue weighted by Crippen LogP contribution is 2.32. The summed E-state index contributed by atoms with van der Waals surface area (Å²) in [6.45, 7) is 7.55. The van der Waals surface area contributed by atoms with Crippen LogP contribution in [0.1, 0.15) is 39.2 Å². The molecule has 0 radical (unpaired) electrons. The molecule has 0 atom stereocenters. The SMILES string of the molecule is CCc1ccc(S(=O)(=O)N2CCC(C)(C)CC2)cc1N. The third-order valence-corrected chi connectivity index (χ3v) is 6.11. The molecule has 1 fully saturated rings. The molecule has 2 rings (SSSR count). The first kappa shape index (κ1) is 15.3. The number of aryl methyl sites for hydroxylation is 1. The topological polar surface area (TPSA) is 63.4 Å². The number of anilines is 1. The molecule has 5 heteroatoms. The maximum absolute atomic E-state index is 12.6. The predicted octanol–water partition coefficient (Wildman–Crippen LogP) is 2.64. The van der Waals surface area contributed by atoms with E-state index < -0.39 is 10.0 Å². The van der Waals surface area contributed by atoms with Gasteiger partial charge in [-0.15, -0.1) is 0 Å². The van der Waals surface area contributed by atoms with E-state index in [0.717, 1.165) is 24.8 Å². The van der Waals surface area contributed by atoms with Crippen molar-refractivity contribution in [2.45, 2.75) is 44.9 Å². The van der Waals surface area contributed by atoms with Crippen molar-refractivity contribution >= 4 is 15.7 Å². The molecular weight excluding hydrogens is 272 g/mol. The molecule has 1 saturated heterocycles. The fourth-order valence-corrected chi connectivity index (χ4v) is 4.01. The summed E-state index contributed by atoms with van der Waals surface area (Å²) in [6.07, 6.45) is 2.60. The Hall–Kier alpha value is -1.07. The Labute approximate surface area is 122 Å². The van der Waals surface area contributed by atoms with Crippen molar-refractivity contribution < 1.29 is 8.42 Å². The highest BCUT2D eigenvalue weighted by Gasteiger charge is 2.32. The van der Waals surface area contributed by atoms with Crippen LogP contribution in [0, 0.1) is 5.41 Å². The van der Waals surface area contributed by atoms with Gasteiger partial charge in [0.1, 0.15) is 0 Å². The maximum atomic E-state index is 12.6. The summed E-state index contributed by atoms with van der Waals surface area (Å²) in [6, 6.07) is 5.08. The van der Waals surface area contributed by atoms with Crippen LogP contribution in [0.2, 0.25) is 0 Å². The van der Waals surface area contributed by atoms with Gasteiger partial charge in [0.15, 0.2) is 0 Å². The highest BCUT2D eigenvalue weighted by atomic mass is 32.2. The average Bonchev–Trinajstić information content (AvgIpc) is 2.38. The smallest absolute Gasteiger partial charge is 0.243 e. The van der Waals surface area contributed by atoms with Gasteiger partial charge in [0.05, 0.1) is 4.90 Å². The van der Waals surface area contributed by atoms with Crippen molar-refractivity contribution in [1.82, 2.24) is 4.31 Å². The zero-order valence-corrected chi connectivity index (χ0v) is 13.3. The molecular formula is C15H24N2O2S. The Morgan fingerprint density at radius 3 is 2.35 bits per heavy atom. The van der Waals surface area contributed by atoms with Crippen molar-refractivity contribution in [1.29, 1.82) is 0 Å². The lowest BCUT2D eigenvalue weighted by Gasteiger charge is -2.36. The number of sulfonamides is 1. The van der Waals surface area contributed by atoms with Gasteiger partial charge < -0.3 is 5.73 Å². The summed E-state index contributed by atoms with van der Waals surface area (Å²) >= 11 is 0. The van der Waals surface area contributed by atoms with Crippen molar-refractivity contribution in [2.75, 3.05) is 18.8 Å². The van der Waals surface area contributed by atoms with Crippen LogP contribution in [0.25, 0.3) is 0 Å². The third kappa shape index (κ3) is 2.99. The monoisotopic (exact) mass is 296 g/mol. The molecule has 0 saturated carbocycles. The van der Waals surface area contributed by atoms with E-state index >= 15 is 0 Å². The van der Waals surface area contributed by atoms with E-state index in [1.54, 1.807) is 16.4 Å². The number of nitrogen functional groups attached to an aromatic ring is 1. The van der Waals surface area contributed by atoms with E-state index in [2.05, 4.69) is 13.8 Å². The molecule has 1 aliphatic heterocycles. The molecule has 1 aromatic rings. The zero-order chi connectivity index (χ0) is 15.0. The Morgan fingerprint density at radius 1 is 1.25 bits per heavy atom. The van der Waals surface area contributed by atoms with Gasteiger partial charge in [0.2, 0.25) is 10.0 Å². The lowest BCUT2D eigenvalue weighted by Crippen LogP contribution is -2.41. The second kappa shape index (κ2) is 5.37. The lowest BCUT2D eigenvalue weighted by atomic mass is 9.83. The molecule has 1 heterocycles. The van der Waals surface area contributed by atoms with Gasteiger partial charge in [0.25, 0.3) is 0 Å². The van der Waals surface area contributed by atoms with Gasteiger partial charge in [-0.3, -0.25) is 0 Å². The minimum atomic E-state index is -3.41. The lowest BCUT2D eigenvalue weighted by molar-refractivity contribution is 0.196. The molecule has 0 aromatic heterocycles. The van der Waals surface area contributed by atoms with Crippen LogP contribution in [0.3, 0.4) is 0 Å². The number of benzene rings is 1. The summed E-state index contributed by atoms with van der Waals surface area (Å²) in [5, 5.41) is 0. The van der Waals surface area contributed by atoms with Gasteiger partial charge in [-0.05, 0) is 42.4 Å². The normalized spacial score (nSPS) is 19.9. The molecule has 1 aromatic carbocycles. The molecule has 1 aliphatic rings. The summed E-state index contributed by atoms with van der Waals surface area (Å²) in [5.74, 6) is 0. The molecule has 4 nitrogen and oxygen atoms in total. The summed E-state index contributed by atoms with van der Waals surface area (Å²) in [4.78, 5) is 0.312. The fraction of sp³-hybridized carbons (Fsp3) is 0.600. The second-order valence-corrected chi connectivity index (χ2v) is 8.22. The van der Waals surface area contributed by atoms with Crippen molar-refractivity contribution in [2.24, 2.45) is 5.41 Å². The number of nitrogens with zero attached hydrogens (tertiary/aromatic N) is 1. The first-order valence-corrected chi connectivity index (χ1v) is 8.59. The van der Waals surface area contributed by atoms with Crippen LogP contribution in [-0.4, -0.2) is 25.8 Å². The van der Waals surface area contributed by atoms with E-state index in [0.29, 0.717) is 23.7 Å². The minimum Gasteiger partial charge on any atom is -0.398 e. The number of hydrogen-bond acceptors (Lipinski definition) is 3. The van der Waals surface area contributed by atoms with Crippen LogP contribution in [0.15, 0.2) is 23.1 Å². The van der Waals surface area contributed by atoms with Crippen LogP contribution in [0.5, 0.6) is 0 Å². The summed E-state index contributed by atoms with van der Waals surface area (Å²) in [5.41, 5.74) is 7.70. The zero-order valence-electron chi connectivity index (χ0n) is 12.5. The Bertz CT molecular complexity index is 584. The Kier molecular flexibility index (Phi) is 4.12. The first-order chi connectivity index (χ1) is 9.26. The van der Waals surface area contributed by atoms with Crippen molar-refractivity contribution in [3.05, 3.63) is 23.8 Å². The van der Waals surface area contributed by atoms with Gasteiger partial charge in [-0.1, -0.05) is 26.8 Å². The van der Waals surface area contributed by atoms with Gasteiger partial charge in [-0.2, -0.15) is 4.31 Å². The fourth-order valence-electron chi connectivity index (χ4n) is 2.54. The summed E-state index contributed by atoms with van der Waals surface area (Å²) < 4.78 is 26.8. The Balaban J connectivity index is 2.25. The third-order valence-electron chi connectivity index (χ3n) is 4.21. The number of piperidine rings is 1. The average molecular weight is 296 g/mol. The van der Waals surface area contributed by atoms with Crippen LogP contribution in [-0.2, 0) is 16.4 Å². The molecule has 0 unspecified atom stereocenters. The molecule has 0 amide bonds. The van der Waals surface area contributed by atoms with E-state index in [1.165, 1.54) is 0 Å². The molecule has 20 heavy (non-hydrogen) atoms. The maximum Gasteiger partial charge on any atom is 0.243 e. The predicted molar refractivity (Wildman–Crippen MR) is 82.0 cm³/mol. The van der Waals surface area contributed by atoms with Crippen LogP contribution in [0.4, 0.5) is 5.69 Å². The minimum absolute atomic E-state index is 0.233. The number of rotatable bonds is 3. The second-order valence-electron chi connectivity index (χ2n) is 6.28. The van der Waals surface area contributed by atoms with Crippen LogP contribution < -0.4 is 5.73 Å². The molecule has 112 valence electrons. The van der Waals surface area contributed by atoms with Gasteiger partial charge >= 0.3 is 0 Å². The van der Waals surface area contributed by atoms with E-state index in [1.807, 2.05) is 13.0 Å². The van der Waals surface area contributed by atoms with E-state index in [9.17, 15) is 8.42 Å². The molecule has 0 aliphatic carbocycles. The summed E-state index contributed by atoms with van der Waals surface area (Å²) in [7, 11) is -3.41. The first-order valence-electron chi connectivity index (χ1n) is 7.15. The van der Waals surface area contributed by atoms with Gasteiger partial charge in [-0.25, -0.2) is 8.42 Å². The van der Waals surface area contributed by atoms with Crippen LogP contribution >= 0.6 is 0 Å². The molecule has 0 spiro atoms. The Morgan fingerprint density at radius 2 is 1.85 bits per heavy atom. The largest absolute Gasteiger partial charge is 0.398 e. The van der Waals surface area contributed by atoms with E-state index in [4.69, 9.17) is 5.73 Å². The number of hydrogen-bond donors (Lipinski definition) is 1. The number of nitrogens with two attached hydrogens (primary N) is 1. The highest BCUT2D eigenvalue weighted by molar-refractivity contribution is 7.89. The van der Waals surface area contributed by atoms with Gasteiger partial charge in [0, 0.05) is 18.8 Å². The van der Waals surface area contributed by atoms with E-state index in [-0.39, 0.29) is 5.41 Å². The quantitative estimate of drug-likeness (QED) is 0.872. The van der Waals surface area contributed by atoms with Crippen molar-refractivity contribution in [3.8, 4) is 0 Å². The standard InChI is InChI=1S/C15H24N2O2S/c1-4-12-5-6-13(11-14(12)16)20(18,19)17-9-7-15(2,3)8-10-17/h5-6,11H,4,7-10,16H2,1-3H3. The molecule has 2 N–H and O–H groups in total.